The molecule has 6 aliphatic rings. The lowest BCUT2D eigenvalue weighted by molar-refractivity contribution is 0.472. The predicted octanol–water partition coefficient (Wildman–Crippen LogP) is 10.5. The summed E-state index contributed by atoms with van der Waals surface area (Å²) < 4.78 is 0. The van der Waals surface area contributed by atoms with Crippen LogP contribution < -0.4 is 29.4 Å². The number of piperidine rings is 3. The molecule has 434 valence electrons. The average molecular weight is 1170 g/mol. The van der Waals surface area contributed by atoms with Crippen molar-refractivity contribution >= 4 is 91.0 Å². The van der Waals surface area contributed by atoms with Gasteiger partial charge in [-0.1, -0.05) is 29.8 Å². The lowest BCUT2D eigenvalue weighted by Crippen LogP contribution is -2.47. The number of halogens is 1. The van der Waals surface area contributed by atoms with Crippen molar-refractivity contribution in [1.82, 2.24) is 59.8 Å². The van der Waals surface area contributed by atoms with Crippen molar-refractivity contribution in [2.45, 2.75) is 70.1 Å². The fourth-order valence-electron chi connectivity index (χ4n) is 13.1. The average Bonchev–Trinajstić information content (AvgIpc) is 3.68. The minimum absolute atomic E-state index is 0.110. The smallest absolute Gasteiger partial charge is 0.355 e. The van der Waals surface area contributed by atoms with E-state index in [0.717, 1.165) is 207 Å². The van der Waals surface area contributed by atoms with Gasteiger partial charge in [0.1, 0.15) is 5.02 Å². The van der Waals surface area contributed by atoms with Gasteiger partial charge >= 0.3 is 11.4 Å². The fourth-order valence-corrected chi connectivity index (χ4v) is 13.3. The number of rotatable bonds is 9. The molecule has 6 fully saturated rings. The normalized spacial score (nSPS) is 18.2. The van der Waals surface area contributed by atoms with Gasteiger partial charge in [-0.2, -0.15) is 5.26 Å². The molecule has 0 unspecified atom stereocenters. The number of hydrogen-bond donors (Lipinski definition) is 0. The molecule has 22 heteroatoms. The van der Waals surface area contributed by atoms with E-state index in [9.17, 15) is 5.26 Å². The second-order valence-electron chi connectivity index (χ2n) is 24.1. The number of anilines is 6. The lowest BCUT2D eigenvalue weighted by Gasteiger charge is -2.40. The van der Waals surface area contributed by atoms with Crippen LogP contribution in [0.25, 0.3) is 42.4 Å². The van der Waals surface area contributed by atoms with E-state index in [1.54, 1.807) is 31.0 Å². The number of aryl methyl sites for hydroxylation is 2. The predicted molar refractivity (Wildman–Crippen MR) is 338 cm³/mol. The Labute approximate surface area is 508 Å². The van der Waals surface area contributed by atoms with Gasteiger partial charge in [-0.25, -0.2) is 44.9 Å². The number of benzene rings is 3. The molecule has 0 amide bonds. The highest BCUT2D eigenvalue weighted by Crippen LogP contribution is 2.40. The van der Waals surface area contributed by atoms with Gasteiger partial charge in [-0.05, 0) is 79.8 Å². The summed E-state index contributed by atoms with van der Waals surface area (Å²) >= 11 is 6.81. The van der Waals surface area contributed by atoms with Gasteiger partial charge in [0.05, 0.1) is 63.7 Å². The zero-order valence-electron chi connectivity index (χ0n) is 48.7. The van der Waals surface area contributed by atoms with Crippen molar-refractivity contribution in [1.29, 1.82) is 5.26 Å². The van der Waals surface area contributed by atoms with Crippen LogP contribution in [0.3, 0.4) is 0 Å². The molecule has 0 bridgehead atoms. The molecule has 6 saturated heterocycles. The SMILES string of the molecule is Cc1cc2cnc(N3CC(c4nccnc4N4CCC(C#[N+]c5cc6nc(N7CC(c8nccnc8N8CCC(C#N)CC8)C7)ncc6cc5Cl)CC4)C3)nc2cc1[N+]#CC1CCN(c2nccnc2C2CN(c3ncc4cccc(C)c4n3)C2)CC1. The minimum Gasteiger partial charge on any atom is -0.355 e. The number of hydrogen-bond acceptors (Lipinski definition) is 19. The first-order valence-corrected chi connectivity index (χ1v) is 30.8. The van der Waals surface area contributed by atoms with E-state index in [-0.39, 0.29) is 35.5 Å². The maximum Gasteiger partial charge on any atom is 0.360 e. The zero-order valence-corrected chi connectivity index (χ0v) is 49.5. The standard InChI is InChI=1S/C65H64ClN21/c1-40-4-3-5-45-31-76-65(81-56(40)45)87-38-50(39-87)59-62(73-17-14-70-59)83-20-8-43(9-21-83)29-74-52-26-53-46(24-41(52)2)32-77-63(79-53)85-34-49(35-85)58-61(72-16-13-69-58)84-22-10-44(11-23-84)30-75-55-27-54-47(25-51(55)66)33-78-64(80-54)86-36-48(37-86)57-60(71-15-12-68-57)82-18-6-42(28-67)7-19-82/h3-5,12-17,24-27,31-33,42-44,48-50H,6-11,18-23,34-39H2,1-2H3/q+2. The number of fused-ring (bicyclic) bond motifs is 3. The molecule has 0 aliphatic carbocycles. The molecule has 12 heterocycles. The molecule has 87 heavy (non-hydrogen) atoms. The first kappa shape index (κ1) is 54.2. The topological polar surface area (TPSA) is 207 Å². The van der Waals surface area contributed by atoms with E-state index in [2.05, 4.69) is 90.7 Å². The molecule has 0 spiro atoms. The summed E-state index contributed by atoms with van der Waals surface area (Å²) in [5.74, 6) is 6.15. The van der Waals surface area contributed by atoms with Gasteiger partial charge in [-0.3, -0.25) is 15.0 Å². The van der Waals surface area contributed by atoms with Crippen molar-refractivity contribution in [2.24, 2.45) is 17.8 Å². The molecule has 0 atom stereocenters. The van der Waals surface area contributed by atoms with Crippen molar-refractivity contribution in [3.05, 3.63) is 141 Å². The highest BCUT2D eigenvalue weighted by molar-refractivity contribution is 6.34. The van der Waals surface area contributed by atoms with Gasteiger partial charge in [0, 0.05) is 180 Å². The molecule has 6 aliphatic heterocycles. The Morgan fingerprint density at radius 2 is 0.862 bits per heavy atom. The van der Waals surface area contributed by atoms with E-state index in [1.165, 1.54) is 0 Å². The highest BCUT2D eigenvalue weighted by Gasteiger charge is 2.39. The Kier molecular flexibility index (Phi) is 14.3. The molecule has 6 aromatic heterocycles. The summed E-state index contributed by atoms with van der Waals surface area (Å²) in [6, 6.07) is 23.6. The molecular weight excluding hydrogens is 1110 g/mol. The van der Waals surface area contributed by atoms with E-state index in [0.29, 0.717) is 22.6 Å². The van der Waals surface area contributed by atoms with Crippen LogP contribution >= 0.6 is 11.6 Å². The van der Waals surface area contributed by atoms with Crippen molar-refractivity contribution < 1.29 is 0 Å². The summed E-state index contributed by atoms with van der Waals surface area (Å²) in [5.41, 5.74) is 9.44. The van der Waals surface area contributed by atoms with E-state index >= 15 is 0 Å². The zero-order chi connectivity index (χ0) is 58.5. The van der Waals surface area contributed by atoms with Crippen molar-refractivity contribution in [3.63, 3.8) is 0 Å². The molecule has 15 rings (SSSR count). The monoisotopic (exact) mass is 1170 g/mol. The van der Waals surface area contributed by atoms with Gasteiger partial charge in [0.15, 0.2) is 17.5 Å². The summed E-state index contributed by atoms with van der Waals surface area (Å²) in [6.07, 6.45) is 21.7. The molecule has 0 N–H and O–H groups in total. The van der Waals surface area contributed by atoms with Crippen molar-refractivity contribution in [2.75, 3.05) is 108 Å². The summed E-state index contributed by atoms with van der Waals surface area (Å²) in [4.78, 5) is 81.6. The maximum absolute atomic E-state index is 9.40. The Bertz CT molecular complexity index is 4280. The minimum atomic E-state index is 0.110. The van der Waals surface area contributed by atoms with Crippen LogP contribution in [0.1, 0.15) is 84.5 Å². The molecule has 0 radical (unpaired) electrons. The quantitative estimate of drug-likeness (QED) is 0.132. The van der Waals surface area contributed by atoms with Crippen LogP contribution in [-0.4, -0.2) is 138 Å². The third kappa shape index (κ3) is 10.8. The van der Waals surface area contributed by atoms with E-state index in [4.69, 9.17) is 76.1 Å². The third-order valence-electron chi connectivity index (χ3n) is 18.4. The Morgan fingerprint density at radius 1 is 0.448 bits per heavy atom. The maximum atomic E-state index is 9.40. The highest BCUT2D eigenvalue weighted by atomic mass is 35.5. The summed E-state index contributed by atoms with van der Waals surface area (Å²) in [5, 5.41) is 12.8. The first-order chi connectivity index (χ1) is 42.7. The van der Waals surface area contributed by atoms with E-state index in [1.807, 2.05) is 43.0 Å². The van der Waals surface area contributed by atoms with Gasteiger partial charge in [-0.15, -0.1) is 0 Å². The van der Waals surface area contributed by atoms with Crippen LogP contribution in [-0.2, 0) is 0 Å². The first-order valence-electron chi connectivity index (χ1n) is 30.4. The number of nitriles is 1. The largest absolute Gasteiger partial charge is 0.360 e. The Hall–Kier alpha value is -9.52. The molecule has 0 saturated carbocycles. The Morgan fingerprint density at radius 3 is 1.34 bits per heavy atom. The van der Waals surface area contributed by atoms with E-state index < -0.39 is 0 Å². The van der Waals surface area contributed by atoms with Crippen molar-refractivity contribution in [3.8, 4) is 18.2 Å². The second kappa shape index (κ2) is 23.1. The van der Waals surface area contributed by atoms with Gasteiger partial charge < -0.3 is 29.4 Å². The van der Waals surface area contributed by atoms with Gasteiger partial charge in [0.25, 0.3) is 12.1 Å². The van der Waals surface area contributed by atoms with Crippen LogP contribution in [0.5, 0.6) is 0 Å². The number of aromatic nitrogens is 12. The molecular formula is C65H64ClN21+2. The number of para-hydroxylation sites is 1. The van der Waals surface area contributed by atoms with Crippen LogP contribution in [0.2, 0.25) is 5.02 Å². The number of nitrogens with zero attached hydrogens (tertiary/aromatic N) is 21. The molecule has 3 aromatic carbocycles. The van der Waals surface area contributed by atoms with Crippen LogP contribution in [0.15, 0.2) is 98.2 Å². The van der Waals surface area contributed by atoms with Gasteiger partial charge in [0.2, 0.25) is 17.8 Å². The molecule has 9 aromatic rings. The van der Waals surface area contributed by atoms with Crippen LogP contribution in [0.4, 0.5) is 46.7 Å². The molecule has 21 nitrogen and oxygen atoms in total. The van der Waals surface area contributed by atoms with Crippen LogP contribution in [0, 0.1) is 55.1 Å². The second-order valence-corrected chi connectivity index (χ2v) is 24.5. The summed E-state index contributed by atoms with van der Waals surface area (Å²) in [6.45, 7) is 13.8. The Balaban J connectivity index is 0.542. The lowest BCUT2D eigenvalue weighted by atomic mass is 9.94. The third-order valence-corrected chi connectivity index (χ3v) is 18.7. The fraction of sp³-hybridized carbons (Fsp3) is 0.400. The summed E-state index contributed by atoms with van der Waals surface area (Å²) in [7, 11) is 0.